The minimum atomic E-state index is -5.07. The standard InChI is InChI=1S/C18H17ClF3N5O7/c1-10(28)9-24(5-4-23-14-3-2-12(25(29)30)8-13(14)19)17-15(26(31)32)6-11(18(20,21)22)7-16(17)27(33)34/h2-3,6-8,10,23,28H,4-5,9H2,1H3/t10-/m1/s1. The van der Waals surface area contributed by atoms with Crippen molar-refractivity contribution < 1.29 is 33.0 Å². The molecule has 0 aliphatic carbocycles. The van der Waals surface area contributed by atoms with Gasteiger partial charge in [-0.3, -0.25) is 30.3 Å². The van der Waals surface area contributed by atoms with Crippen molar-refractivity contribution in [3.05, 3.63) is 71.3 Å². The van der Waals surface area contributed by atoms with Crippen molar-refractivity contribution in [2.24, 2.45) is 0 Å². The van der Waals surface area contributed by atoms with Gasteiger partial charge in [-0.05, 0) is 13.0 Å². The monoisotopic (exact) mass is 507 g/mol. The first-order chi connectivity index (χ1) is 15.7. The van der Waals surface area contributed by atoms with Gasteiger partial charge in [0.05, 0.1) is 37.1 Å². The molecule has 0 fully saturated rings. The SMILES string of the molecule is C[C@@H](O)CN(CCNc1ccc([N+](=O)[O-])cc1Cl)c1c([N+](=O)[O-])cc(C(F)(F)F)cc1[N+](=O)[O-]. The summed E-state index contributed by atoms with van der Waals surface area (Å²) in [6, 6.07) is 3.91. The summed E-state index contributed by atoms with van der Waals surface area (Å²) in [6.45, 7) is 0.558. The average Bonchev–Trinajstić information content (AvgIpc) is 2.71. The lowest BCUT2D eigenvalue weighted by Gasteiger charge is -2.26. The van der Waals surface area contributed by atoms with Crippen LogP contribution in [0.1, 0.15) is 12.5 Å². The molecule has 0 aliphatic rings. The quantitative estimate of drug-likeness (QED) is 0.350. The molecule has 2 aromatic carbocycles. The molecular weight excluding hydrogens is 491 g/mol. The van der Waals surface area contributed by atoms with Crippen LogP contribution in [0.4, 0.5) is 41.6 Å². The second kappa shape index (κ2) is 10.5. The summed E-state index contributed by atoms with van der Waals surface area (Å²) in [5.74, 6) is 0. The summed E-state index contributed by atoms with van der Waals surface area (Å²) < 4.78 is 39.5. The summed E-state index contributed by atoms with van der Waals surface area (Å²) in [6.07, 6.45) is -6.23. The average molecular weight is 508 g/mol. The van der Waals surface area contributed by atoms with Gasteiger partial charge in [0.2, 0.25) is 0 Å². The zero-order valence-corrected chi connectivity index (χ0v) is 18.0. The van der Waals surface area contributed by atoms with Crippen molar-refractivity contribution >= 4 is 40.0 Å². The van der Waals surface area contributed by atoms with Crippen LogP contribution in [0.5, 0.6) is 0 Å². The Labute approximate surface area is 194 Å². The molecule has 1 atom stereocenters. The summed E-state index contributed by atoms with van der Waals surface area (Å²) in [4.78, 5) is 31.9. The number of aliphatic hydroxyl groups excluding tert-OH is 1. The maximum absolute atomic E-state index is 13.2. The molecule has 184 valence electrons. The van der Waals surface area contributed by atoms with Crippen LogP contribution in [0.25, 0.3) is 0 Å². The number of nitrogens with zero attached hydrogens (tertiary/aromatic N) is 4. The molecule has 0 aliphatic heterocycles. The second-order valence-corrected chi connectivity index (χ2v) is 7.43. The maximum atomic E-state index is 13.2. The van der Waals surface area contributed by atoms with E-state index in [0.717, 1.165) is 17.0 Å². The molecule has 0 amide bonds. The first-order valence-electron chi connectivity index (χ1n) is 9.37. The molecule has 0 unspecified atom stereocenters. The number of non-ortho nitro benzene ring substituents is 1. The number of benzene rings is 2. The summed E-state index contributed by atoms with van der Waals surface area (Å²) in [5.41, 5.74) is -4.63. The van der Waals surface area contributed by atoms with Crippen molar-refractivity contribution in [2.45, 2.75) is 19.2 Å². The summed E-state index contributed by atoms with van der Waals surface area (Å²) >= 11 is 5.98. The van der Waals surface area contributed by atoms with Gasteiger partial charge in [0.15, 0.2) is 5.69 Å². The van der Waals surface area contributed by atoms with Gasteiger partial charge in [-0.2, -0.15) is 13.2 Å². The molecule has 0 aromatic heterocycles. The van der Waals surface area contributed by atoms with Crippen LogP contribution in [-0.4, -0.2) is 45.6 Å². The lowest BCUT2D eigenvalue weighted by atomic mass is 10.1. The Balaban J connectivity index is 2.45. The minimum absolute atomic E-state index is 0.0252. The normalized spacial score (nSPS) is 12.2. The zero-order valence-electron chi connectivity index (χ0n) is 17.3. The van der Waals surface area contributed by atoms with E-state index in [0.29, 0.717) is 0 Å². The van der Waals surface area contributed by atoms with Crippen molar-refractivity contribution in [2.75, 3.05) is 29.9 Å². The number of nitro benzene ring substituents is 3. The first-order valence-corrected chi connectivity index (χ1v) is 9.75. The topological polar surface area (TPSA) is 165 Å². The van der Waals surface area contributed by atoms with Crippen LogP contribution in [0.3, 0.4) is 0 Å². The number of hydrogen-bond donors (Lipinski definition) is 2. The van der Waals surface area contributed by atoms with Crippen LogP contribution in [0.2, 0.25) is 5.02 Å². The molecule has 2 rings (SSSR count). The third-order valence-electron chi connectivity index (χ3n) is 4.45. The third-order valence-corrected chi connectivity index (χ3v) is 4.76. The number of alkyl halides is 3. The van der Waals surface area contributed by atoms with Gasteiger partial charge in [0, 0.05) is 43.9 Å². The molecular formula is C18H17ClF3N5O7. The highest BCUT2D eigenvalue weighted by atomic mass is 35.5. The van der Waals surface area contributed by atoms with Crippen LogP contribution in [0, 0.1) is 30.3 Å². The Morgan fingerprint density at radius 1 is 1.06 bits per heavy atom. The van der Waals surface area contributed by atoms with E-state index in [-0.39, 0.29) is 48.2 Å². The lowest BCUT2D eigenvalue weighted by Crippen LogP contribution is -2.36. The Morgan fingerprint density at radius 2 is 1.62 bits per heavy atom. The number of hydrogen-bond acceptors (Lipinski definition) is 9. The molecule has 0 saturated carbocycles. The molecule has 0 spiro atoms. The van der Waals surface area contributed by atoms with Gasteiger partial charge in [-0.1, -0.05) is 11.6 Å². The van der Waals surface area contributed by atoms with E-state index in [4.69, 9.17) is 11.6 Å². The highest BCUT2D eigenvalue weighted by Gasteiger charge is 2.39. The second-order valence-electron chi connectivity index (χ2n) is 7.02. The minimum Gasteiger partial charge on any atom is -0.392 e. The van der Waals surface area contributed by atoms with E-state index in [9.17, 15) is 48.6 Å². The van der Waals surface area contributed by atoms with Crippen molar-refractivity contribution in [3.63, 3.8) is 0 Å². The fourth-order valence-corrected chi connectivity index (χ4v) is 3.31. The molecule has 0 saturated heterocycles. The number of halogens is 4. The molecule has 16 heteroatoms. The van der Waals surface area contributed by atoms with Gasteiger partial charge in [-0.25, -0.2) is 0 Å². The van der Waals surface area contributed by atoms with Crippen molar-refractivity contribution in [3.8, 4) is 0 Å². The third kappa shape index (κ3) is 6.41. The van der Waals surface area contributed by atoms with E-state index >= 15 is 0 Å². The van der Waals surface area contributed by atoms with Crippen molar-refractivity contribution in [1.82, 2.24) is 0 Å². The zero-order chi connectivity index (χ0) is 25.8. The predicted octanol–water partition coefficient (Wildman–Crippen LogP) is 4.38. The predicted molar refractivity (Wildman–Crippen MR) is 115 cm³/mol. The number of nitro groups is 3. The smallest absolute Gasteiger partial charge is 0.392 e. The van der Waals surface area contributed by atoms with Crippen LogP contribution in [-0.2, 0) is 6.18 Å². The highest BCUT2D eigenvalue weighted by molar-refractivity contribution is 6.33. The molecule has 34 heavy (non-hydrogen) atoms. The van der Waals surface area contributed by atoms with E-state index in [2.05, 4.69) is 5.32 Å². The molecule has 0 bridgehead atoms. The molecule has 2 N–H and O–H groups in total. The number of nitrogens with one attached hydrogen (secondary N) is 1. The Bertz CT molecular complexity index is 1080. The Kier molecular flexibility index (Phi) is 8.17. The van der Waals surface area contributed by atoms with Crippen LogP contribution >= 0.6 is 11.6 Å². The van der Waals surface area contributed by atoms with E-state index < -0.39 is 49.7 Å². The van der Waals surface area contributed by atoms with Crippen molar-refractivity contribution in [1.29, 1.82) is 0 Å². The van der Waals surface area contributed by atoms with Crippen LogP contribution in [0.15, 0.2) is 30.3 Å². The van der Waals surface area contributed by atoms with Gasteiger partial charge in [0.1, 0.15) is 0 Å². The molecule has 2 aromatic rings. The first kappa shape index (κ1) is 26.5. The molecule has 0 radical (unpaired) electrons. The summed E-state index contributed by atoms with van der Waals surface area (Å²) in [5, 5.41) is 46.4. The van der Waals surface area contributed by atoms with Gasteiger partial charge >= 0.3 is 6.18 Å². The fraction of sp³-hybridized carbons (Fsp3) is 0.333. The van der Waals surface area contributed by atoms with Gasteiger partial charge in [-0.15, -0.1) is 0 Å². The summed E-state index contributed by atoms with van der Waals surface area (Å²) in [7, 11) is 0. The molecule has 0 heterocycles. The number of rotatable bonds is 10. The van der Waals surface area contributed by atoms with E-state index in [1.807, 2.05) is 0 Å². The van der Waals surface area contributed by atoms with Gasteiger partial charge in [0.25, 0.3) is 17.1 Å². The fourth-order valence-electron chi connectivity index (χ4n) is 3.07. The lowest BCUT2D eigenvalue weighted by molar-refractivity contribution is -0.393. The van der Waals surface area contributed by atoms with Crippen LogP contribution < -0.4 is 10.2 Å². The van der Waals surface area contributed by atoms with E-state index in [1.54, 1.807) is 0 Å². The number of anilines is 2. The maximum Gasteiger partial charge on any atom is 0.416 e. The van der Waals surface area contributed by atoms with E-state index in [1.165, 1.54) is 13.0 Å². The largest absolute Gasteiger partial charge is 0.416 e. The Hall–Kier alpha value is -3.72. The highest BCUT2D eigenvalue weighted by Crippen LogP contribution is 2.43. The molecule has 12 nitrogen and oxygen atoms in total. The van der Waals surface area contributed by atoms with Gasteiger partial charge < -0.3 is 15.3 Å². The Morgan fingerprint density at radius 3 is 2.03 bits per heavy atom. The number of aliphatic hydroxyl groups is 1.